The lowest BCUT2D eigenvalue weighted by Gasteiger charge is -2.14. The third-order valence-electron chi connectivity index (χ3n) is 2.76. The molecule has 2 rings (SSSR count). The Morgan fingerprint density at radius 2 is 2.17 bits per heavy atom. The predicted octanol–water partition coefficient (Wildman–Crippen LogP) is 4.10. The van der Waals surface area contributed by atoms with E-state index in [0.29, 0.717) is 6.42 Å². The van der Waals surface area contributed by atoms with Gasteiger partial charge in [0.05, 0.1) is 13.2 Å². The van der Waals surface area contributed by atoms with Gasteiger partial charge in [0.2, 0.25) is 0 Å². The summed E-state index contributed by atoms with van der Waals surface area (Å²) >= 11 is 5.06. The van der Waals surface area contributed by atoms with Crippen LogP contribution in [0.3, 0.4) is 0 Å². The van der Waals surface area contributed by atoms with Crippen LogP contribution < -0.4 is 4.74 Å². The molecule has 96 valence electrons. The zero-order valence-electron chi connectivity index (χ0n) is 10.3. The number of aryl methyl sites for hydroxylation is 1. The maximum Gasteiger partial charge on any atom is 0.124 e. The molecule has 0 saturated heterocycles. The Kier molecular flexibility index (Phi) is 4.43. The first-order chi connectivity index (χ1) is 8.60. The number of thiophene rings is 1. The van der Waals surface area contributed by atoms with Gasteiger partial charge >= 0.3 is 0 Å². The van der Waals surface area contributed by atoms with Crippen LogP contribution in [0.4, 0.5) is 0 Å². The molecular weight excluding hydrogens is 312 g/mol. The summed E-state index contributed by atoms with van der Waals surface area (Å²) < 4.78 is 6.39. The van der Waals surface area contributed by atoms with E-state index in [2.05, 4.69) is 15.9 Å². The number of aliphatic hydroxyl groups excluding tert-OH is 1. The molecule has 1 aromatic carbocycles. The average molecular weight is 327 g/mol. The summed E-state index contributed by atoms with van der Waals surface area (Å²) in [5.41, 5.74) is 1.97. The fraction of sp³-hybridized carbons (Fsp3) is 0.286. The van der Waals surface area contributed by atoms with Gasteiger partial charge in [-0.25, -0.2) is 0 Å². The van der Waals surface area contributed by atoms with E-state index in [4.69, 9.17) is 4.74 Å². The standard InChI is InChI=1S/C14H15BrO2S/c1-9-3-4-12(14(5-9)17-2)13(16)7-11-6-10(15)8-18-11/h3-6,8,13,16H,7H2,1-2H3. The quantitative estimate of drug-likeness (QED) is 0.916. The molecule has 0 aliphatic rings. The smallest absolute Gasteiger partial charge is 0.124 e. The number of ether oxygens (including phenoxy) is 1. The number of methoxy groups -OCH3 is 1. The fourth-order valence-corrected chi connectivity index (χ4v) is 3.34. The highest BCUT2D eigenvalue weighted by molar-refractivity contribution is 9.10. The summed E-state index contributed by atoms with van der Waals surface area (Å²) in [4.78, 5) is 1.15. The van der Waals surface area contributed by atoms with Gasteiger partial charge in [0, 0.05) is 26.7 Å². The van der Waals surface area contributed by atoms with Crippen LogP contribution >= 0.6 is 27.3 Å². The van der Waals surface area contributed by atoms with E-state index in [9.17, 15) is 5.11 Å². The van der Waals surface area contributed by atoms with Crippen molar-refractivity contribution in [1.29, 1.82) is 0 Å². The van der Waals surface area contributed by atoms with Crippen molar-refractivity contribution in [3.63, 3.8) is 0 Å². The van der Waals surface area contributed by atoms with Crippen molar-refractivity contribution in [1.82, 2.24) is 0 Å². The van der Waals surface area contributed by atoms with Crippen LogP contribution in [0.25, 0.3) is 0 Å². The summed E-state index contributed by atoms with van der Waals surface area (Å²) in [6.07, 6.45) is 0.0708. The summed E-state index contributed by atoms with van der Waals surface area (Å²) in [5, 5.41) is 12.3. The second-order valence-corrected chi connectivity index (χ2v) is 6.11. The molecule has 2 aromatic rings. The molecule has 0 aliphatic heterocycles. The first-order valence-electron chi connectivity index (χ1n) is 5.65. The molecule has 4 heteroatoms. The summed E-state index contributed by atoms with van der Waals surface area (Å²) in [6, 6.07) is 7.91. The van der Waals surface area contributed by atoms with Crippen LogP contribution in [0.1, 0.15) is 22.1 Å². The maximum absolute atomic E-state index is 10.3. The SMILES string of the molecule is COc1cc(C)ccc1C(O)Cc1cc(Br)cs1. The zero-order chi connectivity index (χ0) is 13.1. The van der Waals surface area contributed by atoms with Crippen molar-refractivity contribution in [3.8, 4) is 5.75 Å². The molecule has 18 heavy (non-hydrogen) atoms. The average Bonchev–Trinajstić information content (AvgIpc) is 2.74. The van der Waals surface area contributed by atoms with E-state index >= 15 is 0 Å². The lowest BCUT2D eigenvalue weighted by Crippen LogP contribution is -2.03. The Bertz CT molecular complexity index is 536. The Hall–Kier alpha value is -0.840. The van der Waals surface area contributed by atoms with E-state index in [1.54, 1.807) is 18.4 Å². The fourth-order valence-electron chi connectivity index (χ4n) is 1.86. The van der Waals surface area contributed by atoms with Crippen LogP contribution in [-0.2, 0) is 6.42 Å². The minimum Gasteiger partial charge on any atom is -0.496 e. The third-order valence-corrected chi connectivity index (χ3v) is 4.48. The van der Waals surface area contributed by atoms with E-state index in [0.717, 1.165) is 26.2 Å². The minimum absolute atomic E-state index is 0.536. The molecule has 0 spiro atoms. The lowest BCUT2D eigenvalue weighted by molar-refractivity contribution is 0.175. The molecule has 2 nitrogen and oxygen atoms in total. The summed E-state index contributed by atoms with van der Waals surface area (Å²) in [7, 11) is 1.63. The van der Waals surface area contributed by atoms with Crippen LogP contribution in [0.2, 0.25) is 0 Å². The summed E-state index contributed by atoms with van der Waals surface area (Å²) in [5.74, 6) is 0.748. The van der Waals surface area contributed by atoms with Gasteiger partial charge in [-0.1, -0.05) is 12.1 Å². The van der Waals surface area contributed by atoms with Crippen molar-refractivity contribution in [2.45, 2.75) is 19.4 Å². The Labute approximate surface area is 119 Å². The van der Waals surface area contributed by atoms with Gasteiger partial charge in [-0.3, -0.25) is 0 Å². The monoisotopic (exact) mass is 326 g/mol. The number of rotatable bonds is 4. The van der Waals surface area contributed by atoms with Crippen LogP contribution in [0, 0.1) is 6.92 Å². The highest BCUT2D eigenvalue weighted by atomic mass is 79.9. The molecule has 0 saturated carbocycles. The molecule has 1 unspecified atom stereocenters. The molecule has 0 bridgehead atoms. The Morgan fingerprint density at radius 3 is 2.78 bits per heavy atom. The van der Waals surface area contributed by atoms with Crippen molar-refractivity contribution >= 4 is 27.3 Å². The molecular formula is C14H15BrO2S. The third kappa shape index (κ3) is 3.13. The molecule has 1 atom stereocenters. The van der Waals surface area contributed by atoms with Crippen molar-refractivity contribution in [3.05, 3.63) is 50.1 Å². The van der Waals surface area contributed by atoms with E-state index in [1.807, 2.05) is 36.6 Å². The maximum atomic E-state index is 10.3. The largest absolute Gasteiger partial charge is 0.496 e. The zero-order valence-corrected chi connectivity index (χ0v) is 12.7. The second kappa shape index (κ2) is 5.87. The van der Waals surface area contributed by atoms with Gasteiger partial charge in [-0.15, -0.1) is 11.3 Å². The molecule has 1 aromatic heterocycles. The van der Waals surface area contributed by atoms with E-state index in [1.165, 1.54) is 0 Å². The van der Waals surface area contributed by atoms with Crippen molar-refractivity contribution in [2.24, 2.45) is 0 Å². The van der Waals surface area contributed by atoms with Gasteiger partial charge in [0.1, 0.15) is 5.75 Å². The van der Waals surface area contributed by atoms with E-state index < -0.39 is 6.10 Å². The van der Waals surface area contributed by atoms with E-state index in [-0.39, 0.29) is 0 Å². The molecule has 0 fully saturated rings. The highest BCUT2D eigenvalue weighted by Gasteiger charge is 2.14. The number of hydrogen-bond acceptors (Lipinski definition) is 3. The van der Waals surface area contributed by atoms with Crippen molar-refractivity contribution < 1.29 is 9.84 Å². The van der Waals surface area contributed by atoms with Crippen LogP contribution in [0.15, 0.2) is 34.1 Å². The first kappa shape index (κ1) is 13.6. The summed E-state index contributed by atoms with van der Waals surface area (Å²) in [6.45, 7) is 2.01. The highest BCUT2D eigenvalue weighted by Crippen LogP contribution is 2.30. The number of halogens is 1. The normalized spacial score (nSPS) is 12.4. The van der Waals surface area contributed by atoms with Gasteiger partial charge in [-0.2, -0.15) is 0 Å². The van der Waals surface area contributed by atoms with Gasteiger partial charge in [-0.05, 0) is 40.5 Å². The molecule has 0 aliphatic carbocycles. The predicted molar refractivity (Wildman–Crippen MR) is 78.4 cm³/mol. The molecule has 0 amide bonds. The number of aliphatic hydroxyl groups is 1. The second-order valence-electron chi connectivity index (χ2n) is 4.20. The minimum atomic E-state index is -0.536. The van der Waals surface area contributed by atoms with Gasteiger partial charge < -0.3 is 9.84 Å². The van der Waals surface area contributed by atoms with Gasteiger partial charge in [0.25, 0.3) is 0 Å². The molecule has 1 heterocycles. The molecule has 1 N–H and O–H groups in total. The molecule has 0 radical (unpaired) electrons. The Balaban J connectivity index is 2.20. The van der Waals surface area contributed by atoms with Crippen LogP contribution in [0.5, 0.6) is 5.75 Å². The lowest BCUT2D eigenvalue weighted by atomic mass is 10.0. The van der Waals surface area contributed by atoms with Crippen molar-refractivity contribution in [2.75, 3.05) is 7.11 Å². The van der Waals surface area contributed by atoms with Crippen LogP contribution in [-0.4, -0.2) is 12.2 Å². The first-order valence-corrected chi connectivity index (χ1v) is 7.33. The van der Waals surface area contributed by atoms with Gasteiger partial charge in [0.15, 0.2) is 0 Å². The topological polar surface area (TPSA) is 29.5 Å². The number of hydrogen-bond donors (Lipinski definition) is 1. The Morgan fingerprint density at radius 1 is 1.39 bits per heavy atom. The number of benzene rings is 1.